The van der Waals surface area contributed by atoms with E-state index in [4.69, 9.17) is 10.2 Å². The molecule has 3 aromatic heterocycles. The fourth-order valence-electron chi connectivity index (χ4n) is 2.52. The predicted octanol–water partition coefficient (Wildman–Crippen LogP) is 2.66. The van der Waals surface area contributed by atoms with E-state index in [0.29, 0.717) is 34.0 Å². The van der Waals surface area contributed by atoms with Gasteiger partial charge in [-0.15, -0.1) is 0 Å². The molecule has 2 N–H and O–H groups in total. The lowest BCUT2D eigenvalue weighted by atomic mass is 10.0. The van der Waals surface area contributed by atoms with Crippen LogP contribution in [-0.2, 0) is 4.74 Å². The molecule has 0 saturated carbocycles. The second-order valence-corrected chi connectivity index (χ2v) is 5.52. The van der Waals surface area contributed by atoms with Crippen LogP contribution in [0.2, 0.25) is 0 Å². The van der Waals surface area contributed by atoms with Gasteiger partial charge in [-0.1, -0.05) is 0 Å². The maximum Gasteiger partial charge on any atom is 0.373 e. The molecule has 0 aromatic carbocycles. The first-order chi connectivity index (χ1) is 12.4. The first-order valence-electron chi connectivity index (χ1n) is 7.63. The number of furan rings is 1. The number of nitriles is 1. The third-order valence-corrected chi connectivity index (χ3v) is 3.83. The van der Waals surface area contributed by atoms with Crippen LogP contribution in [0.1, 0.15) is 27.7 Å². The lowest BCUT2D eigenvalue weighted by molar-refractivity contribution is 0.0563. The molecule has 3 aromatic rings. The van der Waals surface area contributed by atoms with Gasteiger partial charge in [0.1, 0.15) is 29.0 Å². The molecule has 0 aliphatic heterocycles. The van der Waals surface area contributed by atoms with E-state index in [0.717, 1.165) is 0 Å². The van der Waals surface area contributed by atoms with E-state index in [1.165, 1.54) is 13.2 Å². The number of nitrogen functional groups attached to an aromatic ring is 1. The molecule has 8 nitrogen and oxygen atoms in total. The molecule has 0 bridgehead atoms. The fraction of sp³-hybridized carbons (Fsp3) is 0.167. The van der Waals surface area contributed by atoms with Crippen molar-refractivity contribution in [2.24, 2.45) is 0 Å². The minimum absolute atomic E-state index is 0.0601. The van der Waals surface area contributed by atoms with E-state index in [1.807, 2.05) is 0 Å². The van der Waals surface area contributed by atoms with Crippen LogP contribution in [0, 0.1) is 25.2 Å². The largest absolute Gasteiger partial charge is 0.463 e. The summed E-state index contributed by atoms with van der Waals surface area (Å²) in [5.74, 6) is 0.634. The Kier molecular flexibility index (Phi) is 4.37. The minimum atomic E-state index is -0.590. The number of carbonyl (C=O) groups is 1. The number of carbonyl (C=O) groups excluding carboxylic acids is 1. The molecule has 3 heterocycles. The van der Waals surface area contributed by atoms with E-state index in [9.17, 15) is 10.1 Å². The third-order valence-electron chi connectivity index (χ3n) is 3.83. The summed E-state index contributed by atoms with van der Waals surface area (Å²) in [7, 11) is 1.27. The Morgan fingerprint density at radius 2 is 1.92 bits per heavy atom. The number of rotatable bonds is 3. The molecule has 26 heavy (non-hydrogen) atoms. The summed E-state index contributed by atoms with van der Waals surface area (Å²) < 4.78 is 10.1. The van der Waals surface area contributed by atoms with Gasteiger partial charge < -0.3 is 14.9 Å². The van der Waals surface area contributed by atoms with Crippen molar-refractivity contribution in [3.63, 3.8) is 0 Å². The molecule has 0 radical (unpaired) electrons. The van der Waals surface area contributed by atoms with E-state index in [1.54, 1.807) is 32.3 Å². The van der Waals surface area contributed by atoms with Crippen LogP contribution in [0.5, 0.6) is 0 Å². The van der Waals surface area contributed by atoms with Crippen LogP contribution in [0.4, 0.5) is 5.82 Å². The first-order valence-corrected chi connectivity index (χ1v) is 7.63. The van der Waals surface area contributed by atoms with Gasteiger partial charge in [0.15, 0.2) is 0 Å². The zero-order valence-corrected chi connectivity index (χ0v) is 14.4. The summed E-state index contributed by atoms with van der Waals surface area (Å²) in [6.07, 6.45) is 3.23. The molecule has 0 unspecified atom stereocenters. The number of anilines is 1. The molecule has 0 aliphatic rings. The van der Waals surface area contributed by atoms with Gasteiger partial charge in [0, 0.05) is 35.2 Å². The number of esters is 1. The zero-order valence-electron chi connectivity index (χ0n) is 14.4. The number of hydrogen-bond donors (Lipinski definition) is 1. The van der Waals surface area contributed by atoms with E-state index >= 15 is 0 Å². The molecule has 3 rings (SSSR count). The highest BCUT2D eigenvalue weighted by Gasteiger charge is 2.20. The number of methoxy groups -OCH3 is 1. The Morgan fingerprint density at radius 3 is 2.54 bits per heavy atom. The monoisotopic (exact) mass is 349 g/mol. The Hall–Kier alpha value is -3.73. The van der Waals surface area contributed by atoms with E-state index in [-0.39, 0.29) is 17.1 Å². The SMILES string of the molecule is COC(=O)c1cc(-c2cc(-c3cnc(C)nc3)c(C#N)c(N)n2)c(C)o1. The molecular formula is C18H15N5O3. The molecule has 0 aliphatic carbocycles. The predicted molar refractivity (Wildman–Crippen MR) is 92.9 cm³/mol. The lowest BCUT2D eigenvalue weighted by Crippen LogP contribution is -2.01. The number of hydrogen-bond acceptors (Lipinski definition) is 8. The average molecular weight is 349 g/mol. The summed E-state index contributed by atoms with van der Waals surface area (Å²) >= 11 is 0. The van der Waals surface area contributed by atoms with Crippen LogP contribution in [0.25, 0.3) is 22.4 Å². The van der Waals surface area contributed by atoms with E-state index < -0.39 is 5.97 Å². The second kappa shape index (κ2) is 6.64. The van der Waals surface area contributed by atoms with Crippen molar-refractivity contribution >= 4 is 11.8 Å². The fourth-order valence-corrected chi connectivity index (χ4v) is 2.52. The number of aryl methyl sites for hydroxylation is 2. The van der Waals surface area contributed by atoms with Crippen molar-refractivity contribution in [2.45, 2.75) is 13.8 Å². The molecule has 0 atom stereocenters. The van der Waals surface area contributed by atoms with E-state index in [2.05, 4.69) is 25.8 Å². The summed E-state index contributed by atoms with van der Waals surface area (Å²) in [4.78, 5) is 24.3. The zero-order chi connectivity index (χ0) is 18.8. The summed E-state index contributed by atoms with van der Waals surface area (Å²) in [5, 5.41) is 9.45. The topological polar surface area (TPSA) is 128 Å². The number of nitrogens with two attached hydrogens (primary N) is 1. The molecule has 8 heteroatoms. The molecule has 0 saturated heterocycles. The van der Waals surface area contributed by atoms with Crippen LogP contribution in [0.3, 0.4) is 0 Å². The van der Waals surface area contributed by atoms with Crippen molar-refractivity contribution in [1.29, 1.82) is 5.26 Å². The number of nitrogens with zero attached hydrogens (tertiary/aromatic N) is 4. The molecular weight excluding hydrogens is 334 g/mol. The summed E-state index contributed by atoms with van der Waals surface area (Å²) in [6, 6.07) is 5.29. The number of aromatic nitrogens is 3. The lowest BCUT2D eigenvalue weighted by Gasteiger charge is -2.09. The average Bonchev–Trinajstić information content (AvgIpc) is 3.03. The highest BCUT2D eigenvalue weighted by atomic mass is 16.5. The van der Waals surface area contributed by atoms with Gasteiger partial charge >= 0.3 is 5.97 Å². The maximum absolute atomic E-state index is 11.7. The van der Waals surface area contributed by atoms with Crippen LogP contribution >= 0.6 is 0 Å². The van der Waals surface area contributed by atoms with Gasteiger partial charge in [-0.2, -0.15) is 5.26 Å². The van der Waals surface area contributed by atoms with Crippen LogP contribution in [0.15, 0.2) is 28.9 Å². The number of ether oxygens (including phenoxy) is 1. The highest BCUT2D eigenvalue weighted by Crippen LogP contribution is 2.33. The van der Waals surface area contributed by atoms with Gasteiger partial charge in [-0.25, -0.2) is 19.7 Å². The van der Waals surface area contributed by atoms with Crippen molar-refractivity contribution in [1.82, 2.24) is 15.0 Å². The van der Waals surface area contributed by atoms with Gasteiger partial charge in [0.2, 0.25) is 5.76 Å². The second-order valence-electron chi connectivity index (χ2n) is 5.52. The quantitative estimate of drug-likeness (QED) is 0.715. The standard InChI is InChI=1S/C18H15N5O3/c1-9-12(5-16(26-9)18(24)25-3)15-4-13(14(6-19)17(20)23-15)11-7-21-10(2)22-8-11/h4-5,7-8H,1-3H3,(H2,20,23). The minimum Gasteiger partial charge on any atom is -0.463 e. The molecule has 0 fully saturated rings. The molecule has 130 valence electrons. The Labute approximate surface area is 149 Å². The smallest absolute Gasteiger partial charge is 0.373 e. The van der Waals surface area contributed by atoms with Gasteiger partial charge in [-0.05, 0) is 19.9 Å². The van der Waals surface area contributed by atoms with Crippen molar-refractivity contribution in [2.75, 3.05) is 12.8 Å². The summed E-state index contributed by atoms with van der Waals surface area (Å²) in [5.41, 5.74) is 8.45. The maximum atomic E-state index is 11.7. The Morgan fingerprint density at radius 1 is 1.23 bits per heavy atom. The van der Waals surface area contributed by atoms with Crippen molar-refractivity contribution < 1.29 is 13.9 Å². The Balaban J connectivity index is 2.19. The summed E-state index contributed by atoms with van der Waals surface area (Å²) in [6.45, 7) is 3.47. The van der Waals surface area contributed by atoms with Gasteiger partial charge in [-0.3, -0.25) is 0 Å². The first kappa shape index (κ1) is 17.1. The number of pyridine rings is 1. The van der Waals surface area contributed by atoms with Crippen LogP contribution < -0.4 is 5.73 Å². The van der Waals surface area contributed by atoms with Crippen molar-refractivity contribution in [3.8, 4) is 28.5 Å². The normalized spacial score (nSPS) is 10.4. The van der Waals surface area contributed by atoms with Crippen LogP contribution in [-0.4, -0.2) is 28.0 Å². The Bertz CT molecular complexity index is 1030. The molecule has 0 amide bonds. The third kappa shape index (κ3) is 2.98. The highest BCUT2D eigenvalue weighted by molar-refractivity contribution is 5.89. The van der Waals surface area contributed by atoms with Crippen molar-refractivity contribution in [3.05, 3.63) is 47.4 Å². The molecule has 0 spiro atoms. The van der Waals surface area contributed by atoms with Gasteiger partial charge in [0.25, 0.3) is 0 Å². The van der Waals surface area contributed by atoms with Gasteiger partial charge in [0.05, 0.1) is 12.8 Å².